The van der Waals surface area contributed by atoms with Gasteiger partial charge in [0.2, 0.25) is 0 Å². The molecule has 1 atom stereocenters. The van der Waals surface area contributed by atoms with Crippen molar-refractivity contribution < 1.29 is 9.53 Å². The molecule has 102 valence electrons. The highest BCUT2D eigenvalue weighted by atomic mass is 16.6. The van der Waals surface area contributed by atoms with E-state index in [9.17, 15) is 10.1 Å². The highest BCUT2D eigenvalue weighted by molar-refractivity contribution is 5.70. The fraction of sp³-hybridized carbons (Fsp3) is 0.867. The van der Waals surface area contributed by atoms with Crippen LogP contribution >= 0.6 is 0 Å². The zero-order valence-electron chi connectivity index (χ0n) is 11.2. The van der Waals surface area contributed by atoms with Crippen molar-refractivity contribution in [1.29, 1.82) is 5.26 Å². The SMILES string of the molecule is N#CC(N1CCOC1=O)C12CC3CC(CC(C3)C1)C2. The summed E-state index contributed by atoms with van der Waals surface area (Å²) in [5, 5.41) is 9.66. The molecule has 4 bridgehead atoms. The highest BCUT2D eigenvalue weighted by Crippen LogP contribution is 2.62. The quantitative estimate of drug-likeness (QED) is 0.766. The Balaban J connectivity index is 1.66. The van der Waals surface area contributed by atoms with Gasteiger partial charge in [0, 0.05) is 5.41 Å². The molecule has 5 aliphatic rings. The normalized spacial score (nSPS) is 45.1. The summed E-state index contributed by atoms with van der Waals surface area (Å²) in [5.41, 5.74) is 0.0762. The Morgan fingerprint density at radius 2 is 1.79 bits per heavy atom. The standard InChI is InChI=1S/C15H20N2O2/c16-9-13(17-1-2-19-14(17)18)15-6-10-3-11(7-15)5-12(4-10)8-15/h10-13H,1-8H2. The first-order valence-electron chi connectivity index (χ1n) is 7.53. The Hall–Kier alpha value is -1.24. The van der Waals surface area contributed by atoms with Gasteiger partial charge in [0.15, 0.2) is 0 Å². The summed E-state index contributed by atoms with van der Waals surface area (Å²) in [5.74, 6) is 2.42. The van der Waals surface area contributed by atoms with Gasteiger partial charge in [-0.15, -0.1) is 0 Å². The Kier molecular flexibility index (Phi) is 2.36. The Morgan fingerprint density at radius 1 is 1.21 bits per heavy atom. The first-order chi connectivity index (χ1) is 9.20. The van der Waals surface area contributed by atoms with Crippen LogP contribution in [-0.2, 0) is 4.74 Å². The second kappa shape index (κ2) is 3.88. The van der Waals surface area contributed by atoms with Crippen LogP contribution in [0.15, 0.2) is 0 Å². The van der Waals surface area contributed by atoms with E-state index in [2.05, 4.69) is 6.07 Å². The number of carbonyl (C=O) groups excluding carboxylic acids is 1. The number of rotatable bonds is 2. The van der Waals surface area contributed by atoms with E-state index < -0.39 is 0 Å². The number of ether oxygens (including phenoxy) is 1. The van der Waals surface area contributed by atoms with E-state index in [0.717, 1.165) is 37.0 Å². The predicted octanol–water partition coefficient (Wildman–Crippen LogP) is 2.55. The predicted molar refractivity (Wildman–Crippen MR) is 68.1 cm³/mol. The molecule has 1 heterocycles. The topological polar surface area (TPSA) is 53.3 Å². The van der Waals surface area contributed by atoms with Crippen molar-refractivity contribution in [2.24, 2.45) is 23.2 Å². The average molecular weight is 260 g/mol. The van der Waals surface area contributed by atoms with Gasteiger partial charge in [-0.2, -0.15) is 5.26 Å². The van der Waals surface area contributed by atoms with Crippen molar-refractivity contribution >= 4 is 6.09 Å². The molecule has 0 aromatic heterocycles. The van der Waals surface area contributed by atoms with Crippen LogP contribution in [0, 0.1) is 34.5 Å². The van der Waals surface area contributed by atoms with Crippen LogP contribution in [0.5, 0.6) is 0 Å². The number of nitrogens with zero attached hydrogens (tertiary/aromatic N) is 2. The Labute approximate surface area is 113 Å². The lowest BCUT2D eigenvalue weighted by Gasteiger charge is -2.58. The minimum atomic E-state index is -0.276. The van der Waals surface area contributed by atoms with E-state index in [0.29, 0.717) is 13.2 Å². The molecule has 1 aliphatic heterocycles. The first-order valence-corrected chi connectivity index (χ1v) is 7.53. The molecule has 0 spiro atoms. The molecule has 1 saturated heterocycles. The smallest absolute Gasteiger partial charge is 0.411 e. The van der Waals surface area contributed by atoms with Gasteiger partial charge in [0.1, 0.15) is 12.6 Å². The lowest BCUT2D eigenvalue weighted by atomic mass is 9.47. The molecule has 0 radical (unpaired) electrons. The molecule has 0 aromatic carbocycles. The average Bonchev–Trinajstić information content (AvgIpc) is 2.74. The van der Waals surface area contributed by atoms with E-state index in [1.807, 2.05) is 0 Å². The van der Waals surface area contributed by atoms with Crippen molar-refractivity contribution in [2.45, 2.75) is 44.6 Å². The van der Waals surface area contributed by atoms with Crippen molar-refractivity contribution in [2.75, 3.05) is 13.2 Å². The Morgan fingerprint density at radius 3 is 2.21 bits per heavy atom. The second-order valence-corrected chi connectivity index (χ2v) is 7.12. The van der Waals surface area contributed by atoms with Crippen LogP contribution in [0.25, 0.3) is 0 Å². The molecular weight excluding hydrogens is 240 g/mol. The summed E-state index contributed by atoms with van der Waals surface area (Å²) >= 11 is 0. The number of hydrogen-bond acceptors (Lipinski definition) is 3. The fourth-order valence-corrected chi connectivity index (χ4v) is 5.69. The molecular formula is C15H20N2O2. The summed E-state index contributed by atoms with van der Waals surface area (Å²) < 4.78 is 5.05. The number of nitriles is 1. The van der Waals surface area contributed by atoms with Gasteiger partial charge in [0.25, 0.3) is 0 Å². The van der Waals surface area contributed by atoms with Gasteiger partial charge in [-0.1, -0.05) is 0 Å². The van der Waals surface area contributed by atoms with Gasteiger partial charge >= 0.3 is 6.09 Å². The van der Waals surface area contributed by atoms with Crippen LogP contribution in [0.1, 0.15) is 38.5 Å². The summed E-state index contributed by atoms with van der Waals surface area (Å²) in [4.78, 5) is 13.5. The molecule has 0 N–H and O–H groups in total. The van der Waals surface area contributed by atoms with E-state index in [1.165, 1.54) is 19.3 Å². The number of hydrogen-bond donors (Lipinski definition) is 0. The molecule has 4 heteroatoms. The van der Waals surface area contributed by atoms with Crippen LogP contribution < -0.4 is 0 Å². The maximum absolute atomic E-state index is 11.8. The second-order valence-electron chi connectivity index (χ2n) is 7.12. The molecule has 4 nitrogen and oxygen atoms in total. The summed E-state index contributed by atoms with van der Waals surface area (Å²) in [7, 11) is 0. The molecule has 4 aliphatic carbocycles. The van der Waals surface area contributed by atoms with Crippen molar-refractivity contribution in [1.82, 2.24) is 4.90 Å². The molecule has 1 unspecified atom stereocenters. The zero-order valence-corrected chi connectivity index (χ0v) is 11.2. The molecule has 5 fully saturated rings. The van der Waals surface area contributed by atoms with E-state index in [-0.39, 0.29) is 17.6 Å². The monoisotopic (exact) mass is 260 g/mol. The Bertz CT molecular complexity index is 418. The van der Waals surface area contributed by atoms with Gasteiger partial charge in [-0.3, -0.25) is 4.90 Å². The van der Waals surface area contributed by atoms with Crippen molar-refractivity contribution in [3.63, 3.8) is 0 Å². The lowest BCUT2D eigenvalue weighted by molar-refractivity contribution is -0.0786. The van der Waals surface area contributed by atoms with Crippen LogP contribution in [0.2, 0.25) is 0 Å². The maximum atomic E-state index is 11.8. The molecule has 1 amide bonds. The van der Waals surface area contributed by atoms with Crippen molar-refractivity contribution in [3.05, 3.63) is 0 Å². The van der Waals surface area contributed by atoms with E-state index in [1.54, 1.807) is 4.90 Å². The summed E-state index contributed by atoms with van der Waals surface area (Å²) in [6.45, 7) is 1.04. The van der Waals surface area contributed by atoms with Crippen LogP contribution in [-0.4, -0.2) is 30.2 Å². The summed E-state index contributed by atoms with van der Waals surface area (Å²) in [6, 6.07) is 2.20. The molecule has 19 heavy (non-hydrogen) atoms. The van der Waals surface area contributed by atoms with E-state index >= 15 is 0 Å². The fourth-order valence-electron chi connectivity index (χ4n) is 5.69. The van der Waals surface area contributed by atoms with Crippen LogP contribution in [0.3, 0.4) is 0 Å². The molecule has 5 rings (SSSR count). The number of amides is 1. The maximum Gasteiger partial charge on any atom is 0.411 e. The number of carbonyl (C=O) groups is 1. The van der Waals surface area contributed by atoms with E-state index in [4.69, 9.17) is 4.74 Å². The number of cyclic esters (lactones) is 1. The highest BCUT2D eigenvalue weighted by Gasteiger charge is 2.56. The van der Waals surface area contributed by atoms with Gasteiger partial charge in [0.05, 0.1) is 12.6 Å². The zero-order chi connectivity index (χ0) is 13.0. The molecule has 0 aromatic rings. The van der Waals surface area contributed by atoms with Crippen molar-refractivity contribution in [3.8, 4) is 6.07 Å². The van der Waals surface area contributed by atoms with Gasteiger partial charge in [-0.25, -0.2) is 4.79 Å². The molecule has 4 saturated carbocycles. The lowest BCUT2D eigenvalue weighted by Crippen LogP contribution is -2.56. The third-order valence-electron chi connectivity index (χ3n) is 5.89. The van der Waals surface area contributed by atoms with Crippen LogP contribution in [0.4, 0.5) is 4.79 Å². The largest absolute Gasteiger partial charge is 0.447 e. The van der Waals surface area contributed by atoms with Gasteiger partial charge in [-0.05, 0) is 56.3 Å². The third-order valence-corrected chi connectivity index (χ3v) is 5.89. The van der Waals surface area contributed by atoms with Gasteiger partial charge < -0.3 is 4.74 Å². The summed E-state index contributed by atoms with van der Waals surface area (Å²) in [6.07, 6.45) is 7.27. The minimum absolute atomic E-state index is 0.0762. The third kappa shape index (κ3) is 1.60. The first kappa shape index (κ1) is 11.6. The minimum Gasteiger partial charge on any atom is -0.447 e.